The van der Waals surface area contributed by atoms with Gasteiger partial charge in [0, 0.05) is 12.5 Å². The van der Waals surface area contributed by atoms with Gasteiger partial charge in [0.1, 0.15) is 23.0 Å². The number of esters is 1. The summed E-state index contributed by atoms with van der Waals surface area (Å²) in [5, 5.41) is 19.3. The lowest BCUT2D eigenvalue weighted by Crippen LogP contribution is -2.29. The number of rotatable bonds is 8. The monoisotopic (exact) mass is 684 g/mol. The molecule has 0 saturated carbocycles. The molecule has 4 aromatic rings. The Balaban J connectivity index is 0.00000128. The van der Waals surface area contributed by atoms with Gasteiger partial charge in [-0.2, -0.15) is 0 Å². The van der Waals surface area contributed by atoms with Gasteiger partial charge >= 0.3 is 11.9 Å². The number of aliphatic hydroxyl groups excluding tert-OH is 1. The Morgan fingerprint density at radius 1 is 0.959 bits per heavy atom. The van der Waals surface area contributed by atoms with Gasteiger partial charge in [0.15, 0.2) is 5.13 Å². The molecule has 1 aromatic heterocycles. The number of benzene rings is 3. The van der Waals surface area contributed by atoms with Gasteiger partial charge in [-0.3, -0.25) is 19.3 Å². The Bertz CT molecular complexity index is 1880. The van der Waals surface area contributed by atoms with Crippen molar-refractivity contribution in [1.82, 2.24) is 4.98 Å². The van der Waals surface area contributed by atoms with Crippen molar-refractivity contribution in [3.8, 4) is 5.75 Å². The number of aromatic nitrogens is 1. The van der Waals surface area contributed by atoms with Crippen molar-refractivity contribution in [2.45, 2.75) is 66.5 Å². The molecule has 2 heterocycles. The predicted octanol–water partition coefficient (Wildman–Crippen LogP) is 7.53. The first kappa shape index (κ1) is 36.5. The van der Waals surface area contributed by atoms with Crippen molar-refractivity contribution < 1.29 is 38.9 Å². The summed E-state index contributed by atoms with van der Waals surface area (Å²) in [5.41, 5.74) is 4.04. The normalized spacial score (nSPS) is 15.4. The number of carboxylic acids is 1. The second kappa shape index (κ2) is 15.3. The van der Waals surface area contributed by atoms with E-state index in [2.05, 4.69) is 25.8 Å². The van der Waals surface area contributed by atoms with Crippen molar-refractivity contribution in [2.24, 2.45) is 0 Å². The summed E-state index contributed by atoms with van der Waals surface area (Å²) in [4.78, 5) is 55.0. The largest absolute Gasteiger partial charge is 0.507 e. The summed E-state index contributed by atoms with van der Waals surface area (Å²) in [7, 11) is 0. The highest BCUT2D eigenvalue weighted by atomic mass is 32.1. The fraction of sp³-hybridized carbons (Fsp3) is 0.289. The molecule has 5 rings (SSSR count). The third kappa shape index (κ3) is 8.42. The highest BCUT2D eigenvalue weighted by Gasteiger charge is 2.48. The zero-order chi connectivity index (χ0) is 36.0. The summed E-state index contributed by atoms with van der Waals surface area (Å²) in [6, 6.07) is 21.6. The van der Waals surface area contributed by atoms with Crippen molar-refractivity contribution in [2.75, 3.05) is 11.5 Å². The molecule has 0 bridgehead atoms. The van der Waals surface area contributed by atoms with E-state index in [1.54, 1.807) is 32.0 Å². The molecule has 1 amide bonds. The average molecular weight is 685 g/mol. The third-order valence-corrected chi connectivity index (χ3v) is 8.81. The SMILES string of the molecule is CC(=O)O.CCOC(=O)c1sc(N2C(=O)C(=O)/C(=C(/O)c3ccc(OCc4ccccc4)c(C)c3)C2c2ccc(C(C)(C)C)cc2)nc1C. The van der Waals surface area contributed by atoms with Gasteiger partial charge in [-0.15, -0.1) is 0 Å². The Morgan fingerprint density at radius 3 is 2.16 bits per heavy atom. The fourth-order valence-electron chi connectivity index (χ4n) is 5.23. The fourth-order valence-corrected chi connectivity index (χ4v) is 6.22. The van der Waals surface area contributed by atoms with Crippen LogP contribution < -0.4 is 9.64 Å². The molecular formula is C38H40N2O8S. The molecule has 1 atom stereocenters. The van der Waals surface area contributed by atoms with E-state index in [0.29, 0.717) is 29.2 Å². The van der Waals surface area contributed by atoms with Crippen LogP contribution in [0.2, 0.25) is 0 Å². The minimum absolute atomic E-state index is 0.0635. The number of hydrogen-bond donors (Lipinski definition) is 2. The lowest BCUT2D eigenvalue weighted by molar-refractivity contribution is -0.134. The molecule has 0 radical (unpaired) electrons. The molecule has 49 heavy (non-hydrogen) atoms. The topological polar surface area (TPSA) is 143 Å². The number of ether oxygens (including phenoxy) is 2. The number of thiazole rings is 1. The van der Waals surface area contributed by atoms with Gasteiger partial charge < -0.3 is 19.7 Å². The van der Waals surface area contributed by atoms with Gasteiger partial charge in [-0.25, -0.2) is 9.78 Å². The van der Waals surface area contributed by atoms with E-state index in [1.807, 2.05) is 61.5 Å². The Morgan fingerprint density at radius 2 is 1.59 bits per heavy atom. The van der Waals surface area contributed by atoms with Crippen molar-refractivity contribution in [1.29, 1.82) is 0 Å². The minimum atomic E-state index is -0.978. The maximum absolute atomic E-state index is 13.7. The number of aryl methyl sites for hydroxylation is 2. The molecule has 1 saturated heterocycles. The van der Waals surface area contributed by atoms with Crippen LogP contribution in [0.3, 0.4) is 0 Å². The standard InChI is InChI=1S/C36H36N2O6S.C2H4O2/c1-7-43-34(42)32-22(3)37-35(45-32)38-29(24-13-16-26(17-14-24)36(4,5)6)28(31(40)33(38)41)30(39)25-15-18-27(21(2)19-25)44-20-23-11-9-8-10-12-23;1-2(3)4/h8-19,29,39H,7,20H2,1-6H3;1H3,(H,3,4)/b30-28+;. The second-order valence-electron chi connectivity index (χ2n) is 12.4. The van der Waals surface area contributed by atoms with Crippen LogP contribution in [0.1, 0.15) is 83.8 Å². The molecule has 1 aliphatic rings. The molecule has 1 aliphatic heterocycles. The van der Waals surface area contributed by atoms with Crippen LogP contribution >= 0.6 is 11.3 Å². The Kier molecular flexibility index (Phi) is 11.4. The summed E-state index contributed by atoms with van der Waals surface area (Å²) >= 11 is 0.980. The Labute approximate surface area is 289 Å². The number of aliphatic hydroxyl groups is 1. The molecule has 11 heteroatoms. The smallest absolute Gasteiger partial charge is 0.350 e. The number of hydrogen-bond acceptors (Lipinski definition) is 9. The van der Waals surface area contributed by atoms with E-state index in [1.165, 1.54) is 4.90 Å². The van der Waals surface area contributed by atoms with E-state index in [0.717, 1.165) is 35.0 Å². The molecular weight excluding hydrogens is 644 g/mol. The maximum atomic E-state index is 13.7. The van der Waals surface area contributed by atoms with Crippen LogP contribution in [0.4, 0.5) is 5.13 Å². The number of aliphatic carboxylic acids is 1. The molecule has 3 aromatic carbocycles. The summed E-state index contributed by atoms with van der Waals surface area (Å²) < 4.78 is 11.2. The van der Waals surface area contributed by atoms with Gasteiger partial charge in [-0.1, -0.05) is 86.7 Å². The molecule has 256 valence electrons. The van der Waals surface area contributed by atoms with Crippen LogP contribution in [0.15, 0.2) is 78.4 Å². The van der Waals surface area contributed by atoms with E-state index in [9.17, 15) is 19.5 Å². The quantitative estimate of drug-likeness (QED) is 0.0833. The number of nitrogens with zero attached hydrogens (tertiary/aromatic N) is 2. The molecule has 2 N–H and O–H groups in total. The second-order valence-corrected chi connectivity index (χ2v) is 13.4. The first-order chi connectivity index (χ1) is 23.1. The summed E-state index contributed by atoms with van der Waals surface area (Å²) in [6.45, 7) is 13.2. The summed E-state index contributed by atoms with van der Waals surface area (Å²) in [6.07, 6.45) is 0. The number of anilines is 1. The predicted molar refractivity (Wildman–Crippen MR) is 188 cm³/mol. The zero-order valence-corrected chi connectivity index (χ0v) is 29.4. The van der Waals surface area contributed by atoms with Gasteiger partial charge in [0.25, 0.3) is 11.8 Å². The Hall–Kier alpha value is -5.29. The number of amides is 1. The highest BCUT2D eigenvalue weighted by molar-refractivity contribution is 7.17. The van der Waals surface area contributed by atoms with Crippen LogP contribution in [0, 0.1) is 13.8 Å². The van der Waals surface area contributed by atoms with E-state index >= 15 is 0 Å². The highest BCUT2D eigenvalue weighted by Crippen LogP contribution is 2.44. The van der Waals surface area contributed by atoms with E-state index in [4.69, 9.17) is 19.4 Å². The van der Waals surface area contributed by atoms with Crippen LogP contribution in [-0.2, 0) is 31.1 Å². The average Bonchev–Trinajstić information content (AvgIpc) is 3.56. The number of ketones is 1. The molecule has 0 aliphatic carbocycles. The molecule has 1 unspecified atom stereocenters. The molecule has 0 spiro atoms. The molecule has 1 fully saturated rings. The lowest BCUT2D eigenvalue weighted by Gasteiger charge is -2.25. The number of carboxylic acid groups (broad SMARTS) is 1. The van der Waals surface area contributed by atoms with Crippen molar-refractivity contribution >= 4 is 45.9 Å². The van der Waals surface area contributed by atoms with Crippen molar-refractivity contribution in [3.05, 3.63) is 117 Å². The third-order valence-electron chi connectivity index (χ3n) is 7.67. The number of carbonyl (C=O) groups is 4. The van der Waals surface area contributed by atoms with Crippen LogP contribution in [-0.4, -0.2) is 45.4 Å². The van der Waals surface area contributed by atoms with E-state index < -0.39 is 29.7 Å². The van der Waals surface area contributed by atoms with Crippen molar-refractivity contribution in [3.63, 3.8) is 0 Å². The van der Waals surface area contributed by atoms with E-state index in [-0.39, 0.29) is 33.4 Å². The lowest BCUT2D eigenvalue weighted by atomic mass is 9.85. The zero-order valence-electron chi connectivity index (χ0n) is 28.6. The van der Waals surface area contributed by atoms with Gasteiger partial charge in [0.05, 0.1) is 23.9 Å². The molecule has 10 nitrogen and oxygen atoms in total. The first-order valence-electron chi connectivity index (χ1n) is 15.7. The minimum Gasteiger partial charge on any atom is -0.507 e. The maximum Gasteiger partial charge on any atom is 0.350 e. The summed E-state index contributed by atoms with van der Waals surface area (Å²) in [5.74, 6) is -2.74. The first-order valence-corrected chi connectivity index (χ1v) is 16.5. The number of Topliss-reactive ketones (excluding diaryl/α,β-unsaturated/α-hetero) is 1. The van der Waals surface area contributed by atoms with Gasteiger partial charge in [-0.05, 0) is 66.6 Å². The van der Waals surface area contributed by atoms with Gasteiger partial charge in [0.2, 0.25) is 0 Å². The number of carbonyl (C=O) groups excluding carboxylic acids is 3. The van der Waals surface area contributed by atoms with Crippen LogP contribution in [0.25, 0.3) is 5.76 Å². The van der Waals surface area contributed by atoms with Crippen LogP contribution in [0.5, 0.6) is 5.75 Å².